The highest BCUT2D eigenvalue weighted by atomic mass is 19.1. The van der Waals surface area contributed by atoms with Gasteiger partial charge in [0.25, 0.3) is 0 Å². The maximum atomic E-state index is 12.8. The van der Waals surface area contributed by atoms with Gasteiger partial charge in [0.05, 0.1) is 11.9 Å². The molecule has 18 heavy (non-hydrogen) atoms. The largest absolute Gasteiger partial charge is 0.323 e. The van der Waals surface area contributed by atoms with Gasteiger partial charge in [-0.05, 0) is 56.9 Å². The van der Waals surface area contributed by atoms with Crippen LogP contribution in [0.25, 0.3) is 0 Å². The number of halogens is 1. The fourth-order valence-electron chi connectivity index (χ4n) is 2.36. The Balaban J connectivity index is 1.77. The van der Waals surface area contributed by atoms with Gasteiger partial charge in [0.2, 0.25) is 0 Å². The summed E-state index contributed by atoms with van der Waals surface area (Å²) in [5, 5.41) is 0. The van der Waals surface area contributed by atoms with Crippen molar-refractivity contribution in [2.24, 2.45) is 11.7 Å². The number of nitrogens with zero attached hydrogens (tertiary/aromatic N) is 2. The minimum atomic E-state index is -0.309. The van der Waals surface area contributed by atoms with E-state index in [4.69, 9.17) is 5.73 Å². The van der Waals surface area contributed by atoms with E-state index in [1.54, 1.807) is 6.07 Å². The molecule has 100 valence electrons. The van der Waals surface area contributed by atoms with Gasteiger partial charge in [0.1, 0.15) is 5.82 Å². The molecule has 2 rings (SSSR count). The number of pyridine rings is 1. The van der Waals surface area contributed by atoms with E-state index >= 15 is 0 Å². The summed E-state index contributed by atoms with van der Waals surface area (Å²) in [6.45, 7) is 5.66. The summed E-state index contributed by atoms with van der Waals surface area (Å²) in [5.41, 5.74) is 6.86. The second kappa shape index (κ2) is 6.25. The molecule has 3 nitrogen and oxygen atoms in total. The van der Waals surface area contributed by atoms with E-state index in [2.05, 4.69) is 16.8 Å². The molecule has 0 radical (unpaired) electrons. The Kier molecular flexibility index (Phi) is 4.66. The van der Waals surface area contributed by atoms with Crippen molar-refractivity contribution in [1.82, 2.24) is 9.88 Å². The molecule has 1 aliphatic heterocycles. The van der Waals surface area contributed by atoms with Crippen LogP contribution in [0.4, 0.5) is 4.39 Å². The van der Waals surface area contributed by atoms with Gasteiger partial charge in [-0.2, -0.15) is 0 Å². The average molecular weight is 251 g/mol. The molecule has 0 aromatic carbocycles. The van der Waals surface area contributed by atoms with E-state index in [-0.39, 0.29) is 11.9 Å². The molecule has 2 heterocycles. The predicted octanol–water partition coefficient (Wildman–Crippen LogP) is 2.34. The number of nitrogens with two attached hydrogens (primary N) is 1. The Labute approximate surface area is 108 Å². The molecule has 0 spiro atoms. The molecule has 0 saturated carbocycles. The molecular formula is C14H22FN3. The van der Waals surface area contributed by atoms with Gasteiger partial charge in [0.15, 0.2) is 0 Å². The lowest BCUT2D eigenvalue weighted by molar-refractivity contribution is 0.187. The van der Waals surface area contributed by atoms with Crippen LogP contribution in [0.3, 0.4) is 0 Å². The third-order valence-electron chi connectivity index (χ3n) is 3.76. The third-order valence-corrected chi connectivity index (χ3v) is 3.76. The zero-order chi connectivity index (χ0) is 13.0. The average Bonchev–Trinajstić information content (AvgIpc) is 2.38. The van der Waals surface area contributed by atoms with Gasteiger partial charge >= 0.3 is 0 Å². The Hall–Kier alpha value is -1.00. The minimum Gasteiger partial charge on any atom is -0.323 e. The van der Waals surface area contributed by atoms with Crippen LogP contribution in [0, 0.1) is 11.7 Å². The van der Waals surface area contributed by atoms with E-state index in [1.807, 2.05) is 0 Å². The van der Waals surface area contributed by atoms with Crippen molar-refractivity contribution in [3.05, 3.63) is 29.8 Å². The number of rotatable bonds is 4. The quantitative estimate of drug-likeness (QED) is 0.893. The summed E-state index contributed by atoms with van der Waals surface area (Å²) < 4.78 is 12.8. The minimum absolute atomic E-state index is 0.0926. The second-order valence-corrected chi connectivity index (χ2v) is 5.32. The molecule has 0 amide bonds. The molecule has 1 aromatic heterocycles. The van der Waals surface area contributed by atoms with Crippen LogP contribution in [0.1, 0.15) is 37.9 Å². The maximum Gasteiger partial charge on any atom is 0.141 e. The monoisotopic (exact) mass is 251 g/mol. The van der Waals surface area contributed by atoms with E-state index in [1.165, 1.54) is 38.2 Å². The van der Waals surface area contributed by atoms with E-state index in [0.717, 1.165) is 24.6 Å². The van der Waals surface area contributed by atoms with Crippen LogP contribution in [-0.2, 0) is 0 Å². The van der Waals surface area contributed by atoms with Crippen molar-refractivity contribution >= 4 is 0 Å². The molecule has 2 N–H and O–H groups in total. The standard InChI is InChI=1S/C14H22FN3/c1-11-4-7-18(8-5-11)9-6-13(16)14-3-2-12(15)10-17-14/h2-3,10-11,13H,4-9,16H2,1H3. The highest BCUT2D eigenvalue weighted by Crippen LogP contribution is 2.18. The van der Waals surface area contributed by atoms with E-state index in [9.17, 15) is 4.39 Å². The number of hydrogen-bond donors (Lipinski definition) is 1. The van der Waals surface area contributed by atoms with Crippen LogP contribution in [0.15, 0.2) is 18.3 Å². The SMILES string of the molecule is CC1CCN(CCC(N)c2ccc(F)cn2)CC1. The van der Waals surface area contributed by atoms with Crippen molar-refractivity contribution in [3.8, 4) is 0 Å². The molecule has 4 heteroatoms. The fourth-order valence-corrected chi connectivity index (χ4v) is 2.36. The highest BCUT2D eigenvalue weighted by Gasteiger charge is 2.16. The van der Waals surface area contributed by atoms with Crippen molar-refractivity contribution in [3.63, 3.8) is 0 Å². The first-order valence-electron chi connectivity index (χ1n) is 6.74. The van der Waals surface area contributed by atoms with Crippen LogP contribution in [-0.4, -0.2) is 29.5 Å². The van der Waals surface area contributed by atoms with Crippen molar-refractivity contribution in [2.75, 3.05) is 19.6 Å². The van der Waals surface area contributed by atoms with E-state index in [0.29, 0.717) is 0 Å². The van der Waals surface area contributed by atoms with Gasteiger partial charge in [-0.3, -0.25) is 4.98 Å². The molecule has 1 aromatic rings. The molecule has 1 aliphatic rings. The summed E-state index contributed by atoms with van der Waals surface area (Å²) in [6.07, 6.45) is 4.68. The summed E-state index contributed by atoms with van der Waals surface area (Å²) in [7, 11) is 0. The Morgan fingerprint density at radius 1 is 1.44 bits per heavy atom. The van der Waals surface area contributed by atoms with Gasteiger partial charge < -0.3 is 10.6 Å². The van der Waals surface area contributed by atoms with Crippen LogP contribution < -0.4 is 5.73 Å². The van der Waals surface area contributed by atoms with E-state index < -0.39 is 0 Å². The summed E-state index contributed by atoms with van der Waals surface area (Å²) in [5.74, 6) is 0.546. The third kappa shape index (κ3) is 3.75. The van der Waals surface area contributed by atoms with Crippen molar-refractivity contribution in [1.29, 1.82) is 0 Å². The molecule has 1 unspecified atom stereocenters. The van der Waals surface area contributed by atoms with Gasteiger partial charge in [-0.15, -0.1) is 0 Å². The van der Waals surface area contributed by atoms with Crippen molar-refractivity contribution in [2.45, 2.75) is 32.2 Å². The van der Waals surface area contributed by atoms with Gasteiger partial charge in [0, 0.05) is 6.04 Å². The van der Waals surface area contributed by atoms with Crippen LogP contribution >= 0.6 is 0 Å². The highest BCUT2D eigenvalue weighted by molar-refractivity contribution is 5.09. The fraction of sp³-hybridized carbons (Fsp3) is 0.643. The zero-order valence-corrected chi connectivity index (χ0v) is 11.0. The number of piperidine rings is 1. The Bertz CT molecular complexity index is 358. The molecule has 1 atom stereocenters. The molecule has 0 bridgehead atoms. The zero-order valence-electron chi connectivity index (χ0n) is 11.0. The lowest BCUT2D eigenvalue weighted by Crippen LogP contribution is -2.34. The van der Waals surface area contributed by atoms with Crippen LogP contribution in [0.5, 0.6) is 0 Å². The Morgan fingerprint density at radius 3 is 2.78 bits per heavy atom. The normalized spacial score (nSPS) is 19.9. The number of hydrogen-bond acceptors (Lipinski definition) is 3. The summed E-state index contributed by atoms with van der Waals surface area (Å²) >= 11 is 0. The first-order valence-corrected chi connectivity index (χ1v) is 6.74. The lowest BCUT2D eigenvalue weighted by atomic mass is 9.99. The molecule has 0 aliphatic carbocycles. The molecule has 1 saturated heterocycles. The van der Waals surface area contributed by atoms with Crippen molar-refractivity contribution < 1.29 is 4.39 Å². The lowest BCUT2D eigenvalue weighted by Gasteiger charge is -2.30. The van der Waals surface area contributed by atoms with Gasteiger partial charge in [-0.1, -0.05) is 6.92 Å². The smallest absolute Gasteiger partial charge is 0.141 e. The first kappa shape index (κ1) is 13.4. The van der Waals surface area contributed by atoms with Crippen LogP contribution in [0.2, 0.25) is 0 Å². The summed E-state index contributed by atoms with van der Waals surface area (Å²) in [6, 6.07) is 3.01. The number of aromatic nitrogens is 1. The maximum absolute atomic E-state index is 12.8. The number of likely N-dealkylation sites (tertiary alicyclic amines) is 1. The second-order valence-electron chi connectivity index (χ2n) is 5.32. The topological polar surface area (TPSA) is 42.1 Å². The predicted molar refractivity (Wildman–Crippen MR) is 70.6 cm³/mol. The molecule has 1 fully saturated rings. The van der Waals surface area contributed by atoms with Gasteiger partial charge in [-0.25, -0.2) is 4.39 Å². The first-order chi connectivity index (χ1) is 8.65. The Morgan fingerprint density at radius 2 is 2.17 bits per heavy atom. The summed E-state index contributed by atoms with van der Waals surface area (Å²) in [4.78, 5) is 6.50. The molecular weight excluding hydrogens is 229 g/mol.